The summed E-state index contributed by atoms with van der Waals surface area (Å²) in [4.78, 5) is 12.3. The molecule has 0 fully saturated rings. The lowest BCUT2D eigenvalue weighted by molar-refractivity contribution is -0.116. The molecule has 0 saturated heterocycles. The van der Waals surface area contributed by atoms with Gasteiger partial charge in [0.2, 0.25) is 5.91 Å². The van der Waals surface area contributed by atoms with E-state index in [1.807, 2.05) is 32.0 Å². The summed E-state index contributed by atoms with van der Waals surface area (Å²) >= 11 is 6.29. The van der Waals surface area contributed by atoms with Gasteiger partial charge in [-0.05, 0) is 54.8 Å². The number of hydrogen-bond acceptors (Lipinski definition) is 3. The van der Waals surface area contributed by atoms with E-state index in [-0.39, 0.29) is 5.91 Å². The van der Waals surface area contributed by atoms with Crippen molar-refractivity contribution in [1.29, 1.82) is 0 Å². The van der Waals surface area contributed by atoms with Crippen molar-refractivity contribution >= 4 is 23.2 Å². The van der Waals surface area contributed by atoms with E-state index in [1.54, 1.807) is 32.4 Å². The zero-order valence-corrected chi connectivity index (χ0v) is 14.4. The monoisotopic (exact) mass is 333 g/mol. The molecule has 1 amide bonds. The summed E-state index contributed by atoms with van der Waals surface area (Å²) in [5.74, 6) is 0.839. The van der Waals surface area contributed by atoms with Gasteiger partial charge in [-0.15, -0.1) is 11.6 Å². The van der Waals surface area contributed by atoms with Gasteiger partial charge in [0, 0.05) is 5.69 Å². The van der Waals surface area contributed by atoms with Gasteiger partial charge < -0.3 is 14.8 Å². The molecule has 0 aliphatic carbocycles. The van der Waals surface area contributed by atoms with E-state index in [2.05, 4.69) is 5.32 Å². The smallest absolute Gasteiger partial charge is 0.246 e. The molecule has 0 radical (unpaired) electrons. The molecule has 1 atom stereocenters. The van der Waals surface area contributed by atoms with Crippen LogP contribution in [0.4, 0.5) is 5.69 Å². The molecule has 1 N–H and O–H groups in total. The Labute approximate surface area is 141 Å². The number of ether oxygens (including phenoxy) is 2. The van der Waals surface area contributed by atoms with Crippen LogP contribution >= 0.6 is 11.6 Å². The highest BCUT2D eigenvalue weighted by molar-refractivity contribution is 6.32. The van der Waals surface area contributed by atoms with Crippen LogP contribution in [-0.4, -0.2) is 20.1 Å². The number of carbonyl (C=O) groups excluding carboxylic acids is 1. The maximum atomic E-state index is 12.3. The Morgan fingerprint density at radius 3 is 2.30 bits per heavy atom. The fraction of sp³-hybridized carbons (Fsp3) is 0.278. The highest BCUT2D eigenvalue weighted by Crippen LogP contribution is 2.32. The molecule has 122 valence electrons. The predicted molar refractivity (Wildman–Crippen MR) is 92.7 cm³/mol. The summed E-state index contributed by atoms with van der Waals surface area (Å²) in [5.41, 5.74) is 3.65. The van der Waals surface area contributed by atoms with Crippen LogP contribution in [0.25, 0.3) is 0 Å². The summed E-state index contributed by atoms with van der Waals surface area (Å²) < 4.78 is 10.4. The molecule has 0 aromatic heterocycles. The van der Waals surface area contributed by atoms with Crippen molar-refractivity contribution in [3.8, 4) is 11.5 Å². The SMILES string of the molecule is COc1ccc(C(Cl)C(=O)Nc2ccc(C)c(C)c2)cc1OC. The lowest BCUT2D eigenvalue weighted by atomic mass is 10.1. The lowest BCUT2D eigenvalue weighted by Gasteiger charge is -2.14. The van der Waals surface area contributed by atoms with Crippen molar-refractivity contribution in [1.82, 2.24) is 0 Å². The Hall–Kier alpha value is -2.20. The van der Waals surface area contributed by atoms with E-state index in [0.717, 1.165) is 11.3 Å². The number of hydrogen-bond donors (Lipinski definition) is 1. The molecule has 0 saturated carbocycles. The van der Waals surface area contributed by atoms with Crippen molar-refractivity contribution in [2.24, 2.45) is 0 Å². The highest BCUT2D eigenvalue weighted by Gasteiger charge is 2.19. The average molecular weight is 334 g/mol. The predicted octanol–water partition coefficient (Wildman–Crippen LogP) is 4.24. The van der Waals surface area contributed by atoms with Crippen LogP contribution in [0, 0.1) is 13.8 Å². The largest absolute Gasteiger partial charge is 0.493 e. The van der Waals surface area contributed by atoms with Crippen molar-refractivity contribution in [2.75, 3.05) is 19.5 Å². The van der Waals surface area contributed by atoms with Gasteiger partial charge >= 0.3 is 0 Å². The number of methoxy groups -OCH3 is 2. The van der Waals surface area contributed by atoms with Gasteiger partial charge in [0.15, 0.2) is 11.5 Å². The molecule has 2 rings (SSSR count). The third kappa shape index (κ3) is 3.96. The second kappa shape index (κ2) is 7.38. The second-order valence-electron chi connectivity index (χ2n) is 5.27. The first-order chi connectivity index (χ1) is 11.0. The number of amides is 1. The van der Waals surface area contributed by atoms with E-state index in [0.29, 0.717) is 17.1 Å². The van der Waals surface area contributed by atoms with Gasteiger partial charge in [-0.3, -0.25) is 4.79 Å². The fourth-order valence-corrected chi connectivity index (χ4v) is 2.38. The minimum atomic E-state index is -0.823. The fourth-order valence-electron chi connectivity index (χ4n) is 2.19. The number of aryl methyl sites for hydroxylation is 2. The first-order valence-electron chi connectivity index (χ1n) is 7.20. The van der Waals surface area contributed by atoms with E-state index >= 15 is 0 Å². The molecular formula is C18H20ClNO3. The molecule has 0 aliphatic rings. The van der Waals surface area contributed by atoms with Crippen LogP contribution in [0.5, 0.6) is 11.5 Å². The molecule has 0 heterocycles. The molecule has 2 aromatic rings. The number of rotatable bonds is 5. The van der Waals surface area contributed by atoms with Crippen LogP contribution in [0.1, 0.15) is 22.1 Å². The van der Waals surface area contributed by atoms with Crippen molar-refractivity contribution in [3.63, 3.8) is 0 Å². The highest BCUT2D eigenvalue weighted by atomic mass is 35.5. The van der Waals surface area contributed by atoms with Crippen molar-refractivity contribution < 1.29 is 14.3 Å². The number of halogens is 1. The van der Waals surface area contributed by atoms with Gasteiger partial charge in [-0.1, -0.05) is 12.1 Å². The van der Waals surface area contributed by atoms with E-state index in [9.17, 15) is 4.79 Å². The maximum Gasteiger partial charge on any atom is 0.246 e. The number of anilines is 1. The molecule has 0 aliphatic heterocycles. The topological polar surface area (TPSA) is 47.6 Å². The summed E-state index contributed by atoms with van der Waals surface area (Å²) in [6.45, 7) is 4.02. The molecular weight excluding hydrogens is 314 g/mol. The van der Waals surface area contributed by atoms with Crippen LogP contribution in [-0.2, 0) is 4.79 Å². The minimum Gasteiger partial charge on any atom is -0.493 e. The molecule has 0 bridgehead atoms. The summed E-state index contributed by atoms with van der Waals surface area (Å²) in [5, 5.41) is 2.01. The zero-order valence-electron chi connectivity index (χ0n) is 13.6. The summed E-state index contributed by atoms with van der Waals surface area (Å²) in [6.07, 6.45) is 0. The standard InChI is InChI=1S/C18H20ClNO3/c1-11-5-7-14(9-12(11)2)20-18(21)17(19)13-6-8-15(22-3)16(10-13)23-4/h5-10,17H,1-4H3,(H,20,21). The first kappa shape index (κ1) is 17.2. The van der Waals surface area contributed by atoms with Gasteiger partial charge in [0.25, 0.3) is 0 Å². The molecule has 23 heavy (non-hydrogen) atoms. The Morgan fingerprint density at radius 2 is 1.70 bits per heavy atom. The Balaban J connectivity index is 2.17. The maximum absolute atomic E-state index is 12.3. The Morgan fingerprint density at radius 1 is 1.00 bits per heavy atom. The normalized spacial score (nSPS) is 11.7. The second-order valence-corrected chi connectivity index (χ2v) is 5.70. The third-order valence-corrected chi connectivity index (χ3v) is 4.16. The Bertz CT molecular complexity index is 715. The molecule has 2 aromatic carbocycles. The quantitative estimate of drug-likeness (QED) is 0.832. The van der Waals surface area contributed by atoms with E-state index < -0.39 is 5.38 Å². The third-order valence-electron chi connectivity index (χ3n) is 3.70. The van der Waals surface area contributed by atoms with Gasteiger partial charge in [0.1, 0.15) is 5.38 Å². The molecule has 4 nitrogen and oxygen atoms in total. The van der Waals surface area contributed by atoms with E-state index in [1.165, 1.54) is 5.56 Å². The average Bonchev–Trinajstić information content (AvgIpc) is 2.56. The van der Waals surface area contributed by atoms with Gasteiger partial charge in [-0.2, -0.15) is 0 Å². The summed E-state index contributed by atoms with van der Waals surface area (Å²) in [6, 6.07) is 10.9. The van der Waals surface area contributed by atoms with Crippen molar-refractivity contribution in [3.05, 3.63) is 53.1 Å². The van der Waals surface area contributed by atoms with Gasteiger partial charge in [0.05, 0.1) is 14.2 Å². The number of carbonyl (C=O) groups is 1. The summed E-state index contributed by atoms with van der Waals surface area (Å²) in [7, 11) is 3.10. The Kier molecular flexibility index (Phi) is 5.50. The van der Waals surface area contributed by atoms with Crippen LogP contribution < -0.4 is 14.8 Å². The molecule has 0 spiro atoms. The van der Waals surface area contributed by atoms with Crippen LogP contribution in [0.2, 0.25) is 0 Å². The van der Waals surface area contributed by atoms with Gasteiger partial charge in [-0.25, -0.2) is 0 Å². The minimum absolute atomic E-state index is 0.290. The van der Waals surface area contributed by atoms with Crippen LogP contribution in [0.3, 0.4) is 0 Å². The van der Waals surface area contributed by atoms with Crippen molar-refractivity contribution in [2.45, 2.75) is 19.2 Å². The zero-order chi connectivity index (χ0) is 17.0. The first-order valence-corrected chi connectivity index (χ1v) is 7.64. The number of alkyl halides is 1. The lowest BCUT2D eigenvalue weighted by Crippen LogP contribution is -2.17. The van der Waals surface area contributed by atoms with E-state index in [4.69, 9.17) is 21.1 Å². The van der Waals surface area contributed by atoms with Crippen LogP contribution in [0.15, 0.2) is 36.4 Å². The molecule has 1 unspecified atom stereocenters. The number of benzene rings is 2. The number of nitrogens with one attached hydrogen (secondary N) is 1. The molecule has 5 heteroatoms.